The third-order valence-electron chi connectivity index (χ3n) is 2.18. The molecular weight excluding hydrogens is 209 g/mol. The molecule has 0 bridgehead atoms. The number of aromatic amines is 1. The van der Waals surface area contributed by atoms with Crippen LogP contribution in [0, 0.1) is 5.82 Å². The van der Waals surface area contributed by atoms with E-state index in [9.17, 15) is 9.18 Å². The minimum absolute atomic E-state index is 0.0330. The summed E-state index contributed by atoms with van der Waals surface area (Å²) >= 11 is 0. The summed E-state index contributed by atoms with van der Waals surface area (Å²) in [5, 5.41) is 0. The first-order chi connectivity index (χ1) is 7.66. The molecule has 1 heterocycles. The number of carbonyl (C=O) groups excluding carboxylic acids is 1. The van der Waals surface area contributed by atoms with Gasteiger partial charge in [0.15, 0.2) is 5.78 Å². The molecule has 2 aromatic rings. The molecule has 0 radical (unpaired) electrons. The van der Waals surface area contributed by atoms with Crippen molar-refractivity contribution < 1.29 is 9.18 Å². The Morgan fingerprint density at radius 1 is 1.50 bits per heavy atom. The Labute approximate surface area is 91.3 Å². The number of anilines is 1. The summed E-state index contributed by atoms with van der Waals surface area (Å²) in [6.45, 7) is 0. The summed E-state index contributed by atoms with van der Waals surface area (Å²) in [6.07, 6.45) is 3.21. The van der Waals surface area contributed by atoms with Crippen molar-refractivity contribution in [1.82, 2.24) is 9.97 Å². The van der Waals surface area contributed by atoms with E-state index in [4.69, 9.17) is 5.73 Å². The normalized spacial score (nSPS) is 10.3. The first kappa shape index (κ1) is 10.4. The number of nitrogens with two attached hydrogens (primary N) is 1. The molecule has 0 unspecified atom stereocenters. The van der Waals surface area contributed by atoms with Crippen LogP contribution in [0.15, 0.2) is 30.6 Å². The van der Waals surface area contributed by atoms with Gasteiger partial charge in [-0.05, 0) is 18.2 Å². The molecule has 0 fully saturated rings. The molecule has 2 rings (SSSR count). The first-order valence-corrected chi connectivity index (χ1v) is 4.73. The molecule has 1 aromatic heterocycles. The van der Waals surface area contributed by atoms with E-state index in [1.807, 2.05) is 0 Å². The number of benzene rings is 1. The first-order valence-electron chi connectivity index (χ1n) is 4.73. The number of nitrogens with one attached hydrogen (secondary N) is 1. The van der Waals surface area contributed by atoms with E-state index in [1.165, 1.54) is 12.1 Å². The zero-order valence-electron chi connectivity index (χ0n) is 8.40. The second kappa shape index (κ2) is 4.14. The fourth-order valence-corrected chi connectivity index (χ4v) is 1.40. The summed E-state index contributed by atoms with van der Waals surface area (Å²) in [4.78, 5) is 18.4. The van der Waals surface area contributed by atoms with E-state index in [0.717, 1.165) is 6.07 Å². The van der Waals surface area contributed by atoms with Crippen molar-refractivity contribution in [1.29, 1.82) is 0 Å². The van der Waals surface area contributed by atoms with Crippen molar-refractivity contribution in [2.75, 3.05) is 5.73 Å². The van der Waals surface area contributed by atoms with Gasteiger partial charge >= 0.3 is 0 Å². The second-order valence-electron chi connectivity index (χ2n) is 3.38. The summed E-state index contributed by atoms with van der Waals surface area (Å²) in [5.41, 5.74) is 5.73. The molecule has 82 valence electrons. The van der Waals surface area contributed by atoms with E-state index in [0.29, 0.717) is 11.5 Å². The van der Waals surface area contributed by atoms with Gasteiger partial charge in [-0.3, -0.25) is 4.79 Å². The smallest absolute Gasteiger partial charge is 0.173 e. The lowest BCUT2D eigenvalue weighted by atomic mass is 10.1. The number of imidazole rings is 1. The molecule has 0 saturated heterocycles. The van der Waals surface area contributed by atoms with Crippen molar-refractivity contribution in [3.8, 4) is 0 Å². The van der Waals surface area contributed by atoms with E-state index < -0.39 is 5.82 Å². The van der Waals surface area contributed by atoms with Crippen molar-refractivity contribution in [2.24, 2.45) is 0 Å². The molecule has 3 N–H and O–H groups in total. The lowest BCUT2D eigenvalue weighted by Crippen LogP contribution is -2.07. The Hall–Kier alpha value is -2.17. The summed E-state index contributed by atoms with van der Waals surface area (Å²) in [5.74, 6) is -0.412. The minimum Gasteiger partial charge on any atom is -0.399 e. The molecule has 0 spiro atoms. The van der Waals surface area contributed by atoms with Gasteiger partial charge in [-0.1, -0.05) is 0 Å². The number of carbonyl (C=O) groups is 1. The van der Waals surface area contributed by atoms with Crippen LogP contribution in [-0.2, 0) is 6.42 Å². The number of aromatic nitrogens is 2. The molecule has 0 aliphatic rings. The molecule has 0 atom stereocenters. The molecule has 4 nitrogen and oxygen atoms in total. The van der Waals surface area contributed by atoms with Crippen LogP contribution in [0.25, 0.3) is 0 Å². The van der Waals surface area contributed by atoms with Gasteiger partial charge in [0.2, 0.25) is 0 Å². The zero-order valence-corrected chi connectivity index (χ0v) is 8.40. The lowest BCUT2D eigenvalue weighted by Gasteiger charge is -2.01. The highest BCUT2D eigenvalue weighted by Gasteiger charge is 2.13. The van der Waals surface area contributed by atoms with E-state index in [-0.39, 0.29) is 17.8 Å². The van der Waals surface area contributed by atoms with Gasteiger partial charge in [0.25, 0.3) is 0 Å². The molecule has 16 heavy (non-hydrogen) atoms. The van der Waals surface area contributed by atoms with Gasteiger partial charge in [-0.2, -0.15) is 0 Å². The van der Waals surface area contributed by atoms with Gasteiger partial charge in [0.05, 0.1) is 12.0 Å². The molecule has 0 aliphatic carbocycles. The minimum atomic E-state index is -0.600. The summed E-state index contributed by atoms with van der Waals surface area (Å²) < 4.78 is 13.4. The number of nitrogens with zero attached hydrogens (tertiary/aromatic N) is 1. The summed E-state index contributed by atoms with van der Waals surface area (Å²) in [6, 6.07) is 4.02. The predicted octanol–water partition coefficient (Wildman–Crippen LogP) is 1.56. The number of halogens is 1. The van der Waals surface area contributed by atoms with Gasteiger partial charge < -0.3 is 10.7 Å². The molecule has 0 saturated carbocycles. The number of H-pyrrole nitrogens is 1. The molecule has 1 aromatic carbocycles. The van der Waals surface area contributed by atoms with E-state index >= 15 is 0 Å². The topological polar surface area (TPSA) is 71.8 Å². The highest BCUT2D eigenvalue weighted by atomic mass is 19.1. The molecule has 5 heteroatoms. The van der Waals surface area contributed by atoms with Crippen LogP contribution < -0.4 is 5.73 Å². The van der Waals surface area contributed by atoms with Crippen LogP contribution >= 0.6 is 0 Å². The fraction of sp³-hybridized carbons (Fsp3) is 0.0909. The quantitative estimate of drug-likeness (QED) is 0.607. The Balaban J connectivity index is 2.21. The Morgan fingerprint density at radius 2 is 2.31 bits per heavy atom. The maximum atomic E-state index is 13.4. The van der Waals surface area contributed by atoms with Crippen LogP contribution in [0.2, 0.25) is 0 Å². The van der Waals surface area contributed by atoms with Crippen LogP contribution in [-0.4, -0.2) is 15.8 Å². The SMILES string of the molecule is Nc1ccc(C(=O)Cc2ncc[nH]2)c(F)c1. The highest BCUT2D eigenvalue weighted by molar-refractivity contribution is 5.97. The van der Waals surface area contributed by atoms with Gasteiger partial charge in [-0.15, -0.1) is 0 Å². The van der Waals surface area contributed by atoms with Gasteiger partial charge in [0.1, 0.15) is 11.6 Å². The number of ketones is 1. The number of hydrogen-bond acceptors (Lipinski definition) is 3. The third kappa shape index (κ3) is 2.08. The van der Waals surface area contributed by atoms with Gasteiger partial charge in [-0.25, -0.2) is 9.37 Å². The molecule has 0 aliphatic heterocycles. The number of Topliss-reactive ketones (excluding diaryl/α,β-unsaturated/α-hetero) is 1. The Morgan fingerprint density at radius 3 is 2.94 bits per heavy atom. The standard InChI is InChI=1S/C11H10FN3O/c12-9-5-7(13)1-2-8(9)10(16)6-11-14-3-4-15-11/h1-5H,6,13H2,(H,14,15). The van der Waals surface area contributed by atoms with Crippen molar-refractivity contribution in [2.45, 2.75) is 6.42 Å². The molecule has 0 amide bonds. The van der Waals surface area contributed by atoms with Crippen LogP contribution in [0.5, 0.6) is 0 Å². The number of rotatable bonds is 3. The van der Waals surface area contributed by atoms with Crippen LogP contribution in [0.3, 0.4) is 0 Å². The highest BCUT2D eigenvalue weighted by Crippen LogP contribution is 2.13. The lowest BCUT2D eigenvalue weighted by molar-refractivity contribution is 0.0987. The average Bonchev–Trinajstić information content (AvgIpc) is 2.70. The van der Waals surface area contributed by atoms with E-state index in [1.54, 1.807) is 12.4 Å². The number of nitrogen functional groups attached to an aromatic ring is 1. The third-order valence-corrected chi connectivity index (χ3v) is 2.18. The maximum absolute atomic E-state index is 13.4. The van der Waals surface area contributed by atoms with Crippen molar-refractivity contribution >= 4 is 11.5 Å². The van der Waals surface area contributed by atoms with Gasteiger partial charge in [0, 0.05) is 18.1 Å². The summed E-state index contributed by atoms with van der Waals surface area (Å²) in [7, 11) is 0. The van der Waals surface area contributed by atoms with Crippen molar-refractivity contribution in [3.05, 3.63) is 47.8 Å². The average molecular weight is 219 g/mol. The maximum Gasteiger partial charge on any atom is 0.173 e. The molecular formula is C11H10FN3O. The zero-order chi connectivity index (χ0) is 11.5. The van der Waals surface area contributed by atoms with Crippen LogP contribution in [0.1, 0.15) is 16.2 Å². The predicted molar refractivity (Wildman–Crippen MR) is 57.4 cm³/mol. The van der Waals surface area contributed by atoms with Crippen LogP contribution in [0.4, 0.5) is 10.1 Å². The van der Waals surface area contributed by atoms with Crippen molar-refractivity contribution in [3.63, 3.8) is 0 Å². The monoisotopic (exact) mass is 219 g/mol. The fourth-order valence-electron chi connectivity index (χ4n) is 1.40. The van der Waals surface area contributed by atoms with E-state index in [2.05, 4.69) is 9.97 Å². The Bertz CT molecular complexity index is 508. The second-order valence-corrected chi connectivity index (χ2v) is 3.38. The Kier molecular flexibility index (Phi) is 2.68. The number of hydrogen-bond donors (Lipinski definition) is 2. The largest absolute Gasteiger partial charge is 0.399 e.